The molecule has 3 rings (SSSR count). The standard InChI is InChI=1S/C22H17Cl2F2NO3/c1-4-27-11(2)18(14-7-6-13(23)10-17(14)26)21(28)19(22(29)30-3)20(27)12-5-8-16(25)15(24)9-12/h5-10H,4H2,1-3H3. The van der Waals surface area contributed by atoms with Crippen LogP contribution in [0.1, 0.15) is 23.0 Å². The Labute approximate surface area is 181 Å². The number of halogens is 4. The molecule has 0 aliphatic heterocycles. The highest BCUT2D eigenvalue weighted by atomic mass is 35.5. The van der Waals surface area contributed by atoms with Gasteiger partial charge in [0, 0.05) is 28.4 Å². The predicted molar refractivity (Wildman–Crippen MR) is 113 cm³/mol. The third-order valence-electron chi connectivity index (χ3n) is 4.83. The molecular weight excluding hydrogens is 435 g/mol. The van der Waals surface area contributed by atoms with Gasteiger partial charge in [0.1, 0.15) is 17.2 Å². The van der Waals surface area contributed by atoms with Crippen molar-refractivity contribution in [3.05, 3.63) is 79.6 Å². The Morgan fingerprint density at radius 1 is 1.10 bits per heavy atom. The number of hydrogen-bond acceptors (Lipinski definition) is 3. The summed E-state index contributed by atoms with van der Waals surface area (Å²) >= 11 is 11.8. The van der Waals surface area contributed by atoms with Crippen molar-refractivity contribution in [2.45, 2.75) is 20.4 Å². The van der Waals surface area contributed by atoms with Crippen LogP contribution >= 0.6 is 23.2 Å². The zero-order valence-electron chi connectivity index (χ0n) is 16.4. The monoisotopic (exact) mass is 451 g/mol. The van der Waals surface area contributed by atoms with Crippen LogP contribution in [0, 0.1) is 18.6 Å². The van der Waals surface area contributed by atoms with E-state index in [0.29, 0.717) is 17.8 Å². The van der Waals surface area contributed by atoms with Crippen LogP contribution in [0.4, 0.5) is 8.78 Å². The van der Waals surface area contributed by atoms with Crippen LogP contribution < -0.4 is 5.43 Å². The summed E-state index contributed by atoms with van der Waals surface area (Å²) in [5.74, 6) is -2.23. The molecule has 30 heavy (non-hydrogen) atoms. The first-order valence-electron chi connectivity index (χ1n) is 8.97. The normalized spacial score (nSPS) is 10.9. The van der Waals surface area contributed by atoms with E-state index in [0.717, 1.165) is 19.2 Å². The second-order valence-electron chi connectivity index (χ2n) is 6.50. The number of methoxy groups -OCH3 is 1. The predicted octanol–water partition coefficient (Wildman–Crippen LogP) is 5.88. The Kier molecular flexibility index (Phi) is 6.29. The van der Waals surface area contributed by atoms with E-state index in [4.69, 9.17) is 27.9 Å². The zero-order chi connectivity index (χ0) is 22.2. The van der Waals surface area contributed by atoms with E-state index in [1.807, 2.05) is 0 Å². The lowest BCUT2D eigenvalue weighted by Crippen LogP contribution is -2.26. The van der Waals surface area contributed by atoms with Crippen molar-refractivity contribution in [3.8, 4) is 22.4 Å². The first kappa shape index (κ1) is 22.0. The second-order valence-corrected chi connectivity index (χ2v) is 7.35. The Hall–Kier alpha value is -2.70. The minimum atomic E-state index is -0.895. The first-order chi connectivity index (χ1) is 14.2. The van der Waals surface area contributed by atoms with Crippen LogP contribution in [0.2, 0.25) is 10.0 Å². The molecule has 0 aliphatic carbocycles. The molecule has 0 saturated heterocycles. The zero-order valence-corrected chi connectivity index (χ0v) is 17.9. The summed E-state index contributed by atoms with van der Waals surface area (Å²) in [5, 5.41) is 0.0133. The van der Waals surface area contributed by atoms with Gasteiger partial charge in [0.05, 0.1) is 23.4 Å². The van der Waals surface area contributed by atoms with Crippen LogP contribution in [-0.2, 0) is 11.3 Å². The fourth-order valence-electron chi connectivity index (χ4n) is 3.47. The molecule has 0 aliphatic rings. The van der Waals surface area contributed by atoms with Crippen molar-refractivity contribution < 1.29 is 18.3 Å². The summed E-state index contributed by atoms with van der Waals surface area (Å²) in [4.78, 5) is 26.0. The molecule has 0 N–H and O–H groups in total. The van der Waals surface area contributed by atoms with E-state index in [1.54, 1.807) is 18.4 Å². The molecule has 0 saturated carbocycles. The number of pyridine rings is 1. The van der Waals surface area contributed by atoms with Gasteiger partial charge in [-0.25, -0.2) is 13.6 Å². The van der Waals surface area contributed by atoms with E-state index in [-0.39, 0.29) is 32.4 Å². The fraction of sp³-hybridized carbons (Fsp3) is 0.182. The Balaban J connectivity index is 2.49. The summed E-state index contributed by atoms with van der Waals surface area (Å²) in [5.41, 5.74) is 0.0182. The molecule has 0 bridgehead atoms. The maximum atomic E-state index is 14.7. The lowest BCUT2D eigenvalue weighted by atomic mass is 9.96. The van der Waals surface area contributed by atoms with Gasteiger partial charge in [-0.1, -0.05) is 23.2 Å². The Morgan fingerprint density at radius 3 is 2.37 bits per heavy atom. The topological polar surface area (TPSA) is 48.3 Å². The lowest BCUT2D eigenvalue weighted by Gasteiger charge is -2.22. The molecule has 156 valence electrons. The van der Waals surface area contributed by atoms with Crippen LogP contribution in [0.3, 0.4) is 0 Å². The van der Waals surface area contributed by atoms with Crippen molar-refractivity contribution in [3.63, 3.8) is 0 Å². The fourth-order valence-corrected chi connectivity index (χ4v) is 3.81. The molecule has 0 atom stereocenters. The quantitative estimate of drug-likeness (QED) is 0.465. The van der Waals surface area contributed by atoms with Crippen LogP contribution in [0.15, 0.2) is 41.2 Å². The number of rotatable bonds is 4. The van der Waals surface area contributed by atoms with Gasteiger partial charge in [-0.2, -0.15) is 0 Å². The first-order valence-corrected chi connectivity index (χ1v) is 9.73. The van der Waals surface area contributed by atoms with Gasteiger partial charge < -0.3 is 9.30 Å². The van der Waals surface area contributed by atoms with Crippen molar-refractivity contribution in [2.75, 3.05) is 7.11 Å². The number of hydrogen-bond donors (Lipinski definition) is 0. The number of benzene rings is 2. The molecule has 4 nitrogen and oxygen atoms in total. The van der Waals surface area contributed by atoms with E-state index < -0.39 is 23.0 Å². The lowest BCUT2D eigenvalue weighted by molar-refractivity contribution is 0.0599. The Bertz CT molecular complexity index is 1220. The van der Waals surface area contributed by atoms with Crippen LogP contribution in [0.25, 0.3) is 22.4 Å². The Morgan fingerprint density at radius 2 is 1.80 bits per heavy atom. The van der Waals surface area contributed by atoms with E-state index >= 15 is 0 Å². The third-order valence-corrected chi connectivity index (χ3v) is 5.35. The summed E-state index contributed by atoms with van der Waals surface area (Å²) in [6.45, 7) is 3.78. The van der Waals surface area contributed by atoms with E-state index in [9.17, 15) is 18.4 Å². The summed E-state index contributed by atoms with van der Waals surface area (Å²) in [6.07, 6.45) is 0. The van der Waals surface area contributed by atoms with Crippen molar-refractivity contribution in [1.29, 1.82) is 0 Å². The molecular formula is C22H17Cl2F2NO3. The van der Waals surface area contributed by atoms with Gasteiger partial charge in [0.2, 0.25) is 5.43 Å². The largest absolute Gasteiger partial charge is 0.465 e. The minimum Gasteiger partial charge on any atom is -0.465 e. The van der Waals surface area contributed by atoms with E-state index in [1.165, 1.54) is 24.3 Å². The average molecular weight is 452 g/mol. The van der Waals surface area contributed by atoms with Crippen LogP contribution in [-0.4, -0.2) is 17.6 Å². The molecule has 1 heterocycles. The third kappa shape index (κ3) is 3.73. The molecule has 0 amide bonds. The molecule has 3 aromatic rings. The molecule has 0 fully saturated rings. The van der Waals surface area contributed by atoms with Crippen molar-refractivity contribution >= 4 is 29.2 Å². The number of esters is 1. The molecule has 1 aromatic heterocycles. The average Bonchev–Trinajstić information content (AvgIpc) is 2.70. The number of aromatic nitrogens is 1. The maximum absolute atomic E-state index is 14.7. The molecule has 0 unspecified atom stereocenters. The smallest absolute Gasteiger partial charge is 0.344 e. The number of ether oxygens (including phenoxy) is 1. The minimum absolute atomic E-state index is 0.0120. The van der Waals surface area contributed by atoms with Crippen molar-refractivity contribution in [2.24, 2.45) is 0 Å². The van der Waals surface area contributed by atoms with Gasteiger partial charge in [-0.15, -0.1) is 0 Å². The van der Waals surface area contributed by atoms with Gasteiger partial charge in [0.15, 0.2) is 0 Å². The van der Waals surface area contributed by atoms with Crippen molar-refractivity contribution in [1.82, 2.24) is 4.57 Å². The SMILES string of the molecule is CCn1c(C)c(-c2ccc(Cl)cc2F)c(=O)c(C(=O)OC)c1-c1ccc(F)c(Cl)c1. The molecule has 0 spiro atoms. The summed E-state index contributed by atoms with van der Waals surface area (Å²) in [7, 11) is 1.14. The highest BCUT2D eigenvalue weighted by Crippen LogP contribution is 2.33. The number of carbonyl (C=O) groups excluding carboxylic acids is 1. The highest BCUT2D eigenvalue weighted by molar-refractivity contribution is 6.31. The summed E-state index contributed by atoms with van der Waals surface area (Å²) in [6, 6.07) is 7.82. The molecule has 0 radical (unpaired) electrons. The highest BCUT2D eigenvalue weighted by Gasteiger charge is 2.27. The maximum Gasteiger partial charge on any atom is 0.344 e. The molecule has 8 heteroatoms. The number of carbonyl (C=O) groups is 1. The second kappa shape index (κ2) is 8.58. The van der Waals surface area contributed by atoms with Gasteiger partial charge in [-0.3, -0.25) is 4.79 Å². The molecule has 2 aromatic carbocycles. The van der Waals surface area contributed by atoms with Gasteiger partial charge in [-0.05, 0) is 50.2 Å². The van der Waals surface area contributed by atoms with E-state index in [2.05, 4.69) is 0 Å². The van der Waals surface area contributed by atoms with Gasteiger partial charge in [0.25, 0.3) is 0 Å². The number of nitrogens with zero attached hydrogens (tertiary/aromatic N) is 1. The van der Waals surface area contributed by atoms with Gasteiger partial charge >= 0.3 is 5.97 Å². The van der Waals surface area contributed by atoms with Crippen LogP contribution in [0.5, 0.6) is 0 Å². The summed E-state index contributed by atoms with van der Waals surface area (Å²) < 4.78 is 34.9.